The molecule has 2 aliphatic rings. The van der Waals surface area contributed by atoms with Crippen molar-refractivity contribution in [1.29, 1.82) is 0 Å². The maximum absolute atomic E-state index is 12.1. The highest BCUT2D eigenvalue weighted by Gasteiger charge is 2.27. The smallest absolute Gasteiger partial charge is 0.410 e. The van der Waals surface area contributed by atoms with Gasteiger partial charge in [-0.2, -0.15) is 0 Å². The Hall–Kier alpha value is -3.42. The number of rotatable bonds is 2. The summed E-state index contributed by atoms with van der Waals surface area (Å²) >= 11 is 0. The number of methoxy groups -OCH3 is 2. The first-order valence-corrected chi connectivity index (χ1v) is 13.1. The van der Waals surface area contributed by atoms with E-state index in [0.717, 1.165) is 35.5 Å². The zero-order valence-electron chi connectivity index (χ0n) is 24.1. The molecule has 8 heteroatoms. The summed E-state index contributed by atoms with van der Waals surface area (Å²) < 4.78 is 21.4. The van der Waals surface area contributed by atoms with Gasteiger partial charge in [-0.1, -0.05) is 18.2 Å². The molecule has 0 saturated heterocycles. The highest BCUT2D eigenvalue weighted by atomic mass is 16.6. The fourth-order valence-corrected chi connectivity index (χ4v) is 4.36. The van der Waals surface area contributed by atoms with Gasteiger partial charge in [0, 0.05) is 25.2 Å². The van der Waals surface area contributed by atoms with Crippen LogP contribution in [-0.2, 0) is 35.4 Å². The summed E-state index contributed by atoms with van der Waals surface area (Å²) in [6, 6.07) is 12.0. The molecule has 208 valence electrons. The van der Waals surface area contributed by atoms with E-state index in [2.05, 4.69) is 6.07 Å². The van der Waals surface area contributed by atoms with Crippen molar-refractivity contribution in [3.63, 3.8) is 0 Å². The van der Waals surface area contributed by atoms with Crippen LogP contribution in [0.4, 0.5) is 9.59 Å². The van der Waals surface area contributed by atoms with Crippen molar-refractivity contribution in [2.75, 3.05) is 27.3 Å². The number of fused-ring (bicyclic) bond motifs is 2. The predicted octanol–water partition coefficient (Wildman–Crippen LogP) is 5.98. The fraction of sp³-hybridized carbons (Fsp3) is 0.533. The normalized spacial score (nSPS) is 14.8. The monoisotopic (exact) mass is 526 g/mol. The van der Waals surface area contributed by atoms with Crippen LogP contribution in [0.25, 0.3) is 0 Å². The van der Waals surface area contributed by atoms with Crippen molar-refractivity contribution in [2.45, 2.75) is 78.7 Å². The molecular weight excluding hydrogens is 484 g/mol. The van der Waals surface area contributed by atoms with Crippen molar-refractivity contribution in [2.24, 2.45) is 0 Å². The zero-order valence-corrected chi connectivity index (χ0v) is 24.1. The van der Waals surface area contributed by atoms with E-state index in [1.54, 1.807) is 24.0 Å². The van der Waals surface area contributed by atoms with Crippen molar-refractivity contribution in [1.82, 2.24) is 9.80 Å². The molecule has 0 spiro atoms. The number of hydrogen-bond donors (Lipinski definition) is 0. The van der Waals surface area contributed by atoms with E-state index in [9.17, 15) is 9.59 Å². The molecule has 4 rings (SSSR count). The Kier molecular flexibility index (Phi) is 9.18. The van der Waals surface area contributed by atoms with Gasteiger partial charge in [0.1, 0.15) is 22.7 Å². The lowest BCUT2D eigenvalue weighted by Gasteiger charge is -2.31. The third-order valence-corrected chi connectivity index (χ3v) is 6.18. The number of amides is 2. The van der Waals surface area contributed by atoms with Crippen LogP contribution in [0.1, 0.15) is 63.8 Å². The van der Waals surface area contributed by atoms with Crippen molar-refractivity contribution >= 4 is 12.2 Å². The quantitative estimate of drug-likeness (QED) is 0.479. The standard InChI is InChI=1S/2C15H21NO3/c1-15(2,3)19-14(17)16-8-7-11-9-13(18-4)6-5-12(11)10-16;1-15(2,3)19-14(17)16-9-8-11-6-5-7-13(18-4)12(11)10-16/h5-6,9H,7-8,10H2,1-4H3;5-7H,8-10H2,1-4H3. The van der Waals surface area contributed by atoms with E-state index in [4.69, 9.17) is 18.9 Å². The Bertz CT molecular complexity index is 1120. The number of carbonyl (C=O) groups is 2. The molecule has 2 aromatic rings. The summed E-state index contributed by atoms with van der Waals surface area (Å²) in [4.78, 5) is 27.6. The van der Waals surface area contributed by atoms with Crippen molar-refractivity contribution in [3.8, 4) is 11.5 Å². The van der Waals surface area contributed by atoms with Gasteiger partial charge >= 0.3 is 12.2 Å². The van der Waals surface area contributed by atoms with Crippen LogP contribution >= 0.6 is 0 Å². The first kappa shape index (κ1) is 29.1. The van der Waals surface area contributed by atoms with Crippen LogP contribution < -0.4 is 9.47 Å². The van der Waals surface area contributed by atoms with Gasteiger partial charge in [-0.15, -0.1) is 0 Å². The molecule has 0 unspecified atom stereocenters. The summed E-state index contributed by atoms with van der Waals surface area (Å²) in [7, 11) is 3.32. The number of nitrogens with zero attached hydrogens (tertiary/aromatic N) is 2. The van der Waals surface area contributed by atoms with Gasteiger partial charge in [-0.3, -0.25) is 0 Å². The third-order valence-electron chi connectivity index (χ3n) is 6.18. The molecule has 0 saturated carbocycles. The lowest BCUT2D eigenvalue weighted by Crippen LogP contribution is -2.40. The Labute approximate surface area is 226 Å². The van der Waals surface area contributed by atoms with Gasteiger partial charge in [0.2, 0.25) is 0 Å². The van der Waals surface area contributed by atoms with E-state index in [-0.39, 0.29) is 12.2 Å². The molecule has 8 nitrogen and oxygen atoms in total. The summed E-state index contributed by atoms with van der Waals surface area (Å²) in [5.41, 5.74) is 3.84. The minimum absolute atomic E-state index is 0.242. The molecule has 2 heterocycles. The fourth-order valence-electron chi connectivity index (χ4n) is 4.36. The SMILES string of the molecule is COc1ccc2c(c1)CCN(C(=O)OC(C)(C)C)C2.COc1cccc2c1CN(C(=O)OC(C)(C)C)CC2. The number of hydrogen-bond acceptors (Lipinski definition) is 6. The molecule has 0 fully saturated rings. The molecule has 0 N–H and O–H groups in total. The average Bonchev–Trinajstić information content (AvgIpc) is 2.85. The van der Waals surface area contributed by atoms with E-state index >= 15 is 0 Å². The molecular formula is C30H42N2O6. The van der Waals surface area contributed by atoms with E-state index in [1.165, 1.54) is 11.1 Å². The molecule has 0 aromatic heterocycles. The minimum Gasteiger partial charge on any atom is -0.497 e. The van der Waals surface area contributed by atoms with Gasteiger partial charge in [0.05, 0.1) is 20.8 Å². The Morgan fingerprint density at radius 1 is 0.711 bits per heavy atom. The van der Waals surface area contributed by atoms with Gasteiger partial charge in [-0.25, -0.2) is 9.59 Å². The molecule has 0 aliphatic carbocycles. The maximum Gasteiger partial charge on any atom is 0.410 e. The molecule has 0 bridgehead atoms. The highest BCUT2D eigenvalue weighted by molar-refractivity contribution is 5.69. The lowest BCUT2D eigenvalue weighted by atomic mass is 9.99. The van der Waals surface area contributed by atoms with Gasteiger partial charge in [0.15, 0.2) is 0 Å². The van der Waals surface area contributed by atoms with Crippen LogP contribution in [0.2, 0.25) is 0 Å². The minimum atomic E-state index is -0.460. The first-order valence-electron chi connectivity index (χ1n) is 13.1. The third kappa shape index (κ3) is 8.04. The second-order valence-electron chi connectivity index (χ2n) is 11.5. The number of carbonyl (C=O) groups excluding carboxylic acids is 2. The summed E-state index contributed by atoms with van der Waals surface area (Å²) in [5.74, 6) is 1.70. The zero-order chi connectivity index (χ0) is 28.1. The summed E-state index contributed by atoms with van der Waals surface area (Å²) in [6.45, 7) is 13.8. The second-order valence-corrected chi connectivity index (χ2v) is 11.5. The van der Waals surface area contributed by atoms with Gasteiger partial charge in [0.25, 0.3) is 0 Å². The first-order chi connectivity index (χ1) is 17.8. The molecule has 38 heavy (non-hydrogen) atoms. The average molecular weight is 527 g/mol. The number of benzene rings is 2. The topological polar surface area (TPSA) is 77.5 Å². The molecule has 2 amide bonds. The molecule has 2 aliphatic heterocycles. The Morgan fingerprint density at radius 2 is 1.29 bits per heavy atom. The van der Waals surface area contributed by atoms with Crippen LogP contribution in [0.15, 0.2) is 36.4 Å². The second kappa shape index (κ2) is 12.0. The van der Waals surface area contributed by atoms with Crippen molar-refractivity contribution < 1.29 is 28.5 Å². The highest BCUT2D eigenvalue weighted by Crippen LogP contribution is 2.29. The van der Waals surface area contributed by atoms with E-state index < -0.39 is 11.2 Å². The maximum atomic E-state index is 12.1. The molecule has 2 aromatic carbocycles. The van der Waals surface area contributed by atoms with E-state index in [1.807, 2.05) is 71.9 Å². The van der Waals surface area contributed by atoms with Gasteiger partial charge < -0.3 is 28.7 Å². The van der Waals surface area contributed by atoms with Crippen LogP contribution in [0.3, 0.4) is 0 Å². The van der Waals surface area contributed by atoms with Crippen LogP contribution in [0.5, 0.6) is 11.5 Å². The van der Waals surface area contributed by atoms with Gasteiger partial charge in [-0.05, 0) is 89.3 Å². The summed E-state index contributed by atoms with van der Waals surface area (Å²) in [6.07, 6.45) is 1.18. The summed E-state index contributed by atoms with van der Waals surface area (Å²) in [5, 5.41) is 0. The van der Waals surface area contributed by atoms with Crippen LogP contribution in [-0.4, -0.2) is 60.5 Å². The number of ether oxygens (including phenoxy) is 4. The van der Waals surface area contributed by atoms with Crippen LogP contribution in [0, 0.1) is 0 Å². The lowest BCUT2D eigenvalue weighted by molar-refractivity contribution is 0.0213. The predicted molar refractivity (Wildman–Crippen MR) is 147 cm³/mol. The van der Waals surface area contributed by atoms with Crippen molar-refractivity contribution in [3.05, 3.63) is 58.7 Å². The molecule has 0 atom stereocenters. The molecule has 0 radical (unpaired) electrons. The largest absolute Gasteiger partial charge is 0.497 e. The van der Waals surface area contributed by atoms with E-state index in [0.29, 0.717) is 26.2 Å². The Morgan fingerprint density at radius 3 is 1.84 bits per heavy atom. The Balaban J connectivity index is 0.000000211.